The van der Waals surface area contributed by atoms with Gasteiger partial charge in [0.15, 0.2) is 0 Å². The Morgan fingerprint density at radius 1 is 1.29 bits per heavy atom. The number of hydrogen-bond acceptors (Lipinski definition) is 5. The van der Waals surface area contributed by atoms with E-state index in [2.05, 4.69) is 15.4 Å². The molecule has 1 aromatic heterocycles. The molecule has 0 aliphatic carbocycles. The number of nitrogens with two attached hydrogens (primary N) is 1. The number of halogens is 2. The second-order valence-electron chi connectivity index (χ2n) is 3.06. The SMILES string of the molecule is NNc1cc(Oc2ccc(F)cc2Cl)ncn1. The third-order valence-electron chi connectivity index (χ3n) is 1.90. The summed E-state index contributed by atoms with van der Waals surface area (Å²) in [7, 11) is 0. The molecular weight excluding hydrogens is 247 g/mol. The minimum atomic E-state index is -0.436. The molecular formula is C10H8ClFN4O. The lowest BCUT2D eigenvalue weighted by atomic mass is 10.3. The van der Waals surface area contributed by atoms with E-state index in [0.29, 0.717) is 11.6 Å². The summed E-state index contributed by atoms with van der Waals surface area (Å²) >= 11 is 5.80. The van der Waals surface area contributed by atoms with E-state index >= 15 is 0 Å². The molecule has 0 aliphatic rings. The number of rotatable bonds is 3. The summed E-state index contributed by atoms with van der Waals surface area (Å²) in [6.07, 6.45) is 1.28. The van der Waals surface area contributed by atoms with Gasteiger partial charge in [-0.05, 0) is 18.2 Å². The first-order chi connectivity index (χ1) is 8.19. The Bertz CT molecular complexity index is 537. The molecule has 0 radical (unpaired) electrons. The molecule has 2 rings (SSSR count). The van der Waals surface area contributed by atoms with Gasteiger partial charge in [0.05, 0.1) is 5.02 Å². The van der Waals surface area contributed by atoms with Crippen LogP contribution in [0.2, 0.25) is 5.02 Å². The van der Waals surface area contributed by atoms with E-state index in [9.17, 15) is 4.39 Å². The van der Waals surface area contributed by atoms with E-state index in [1.165, 1.54) is 24.5 Å². The van der Waals surface area contributed by atoms with E-state index in [1.54, 1.807) is 0 Å². The highest BCUT2D eigenvalue weighted by molar-refractivity contribution is 6.32. The topological polar surface area (TPSA) is 73.1 Å². The van der Waals surface area contributed by atoms with Gasteiger partial charge in [-0.3, -0.25) is 0 Å². The summed E-state index contributed by atoms with van der Waals surface area (Å²) < 4.78 is 18.2. The van der Waals surface area contributed by atoms with Gasteiger partial charge in [0.2, 0.25) is 5.88 Å². The van der Waals surface area contributed by atoms with Crippen LogP contribution in [-0.2, 0) is 0 Å². The van der Waals surface area contributed by atoms with Crippen LogP contribution in [0, 0.1) is 5.82 Å². The number of aromatic nitrogens is 2. The second-order valence-corrected chi connectivity index (χ2v) is 3.47. The third kappa shape index (κ3) is 2.80. The van der Waals surface area contributed by atoms with Gasteiger partial charge in [0.25, 0.3) is 0 Å². The Morgan fingerprint density at radius 3 is 2.82 bits per heavy atom. The number of anilines is 1. The highest BCUT2D eigenvalue weighted by Crippen LogP contribution is 2.29. The van der Waals surface area contributed by atoms with Gasteiger partial charge in [-0.2, -0.15) is 0 Å². The molecule has 0 bridgehead atoms. The fourth-order valence-electron chi connectivity index (χ4n) is 1.14. The summed E-state index contributed by atoms with van der Waals surface area (Å²) in [5.41, 5.74) is 2.35. The molecule has 0 atom stereocenters. The number of hydrogen-bond donors (Lipinski definition) is 2. The van der Waals surface area contributed by atoms with E-state index < -0.39 is 5.82 Å². The molecule has 88 valence electrons. The quantitative estimate of drug-likeness (QED) is 0.650. The highest BCUT2D eigenvalue weighted by atomic mass is 35.5. The van der Waals surface area contributed by atoms with E-state index in [4.69, 9.17) is 22.2 Å². The van der Waals surface area contributed by atoms with Crippen molar-refractivity contribution in [2.75, 3.05) is 5.43 Å². The minimum Gasteiger partial charge on any atom is -0.437 e. The van der Waals surface area contributed by atoms with Crippen molar-refractivity contribution in [3.63, 3.8) is 0 Å². The Morgan fingerprint density at radius 2 is 2.12 bits per heavy atom. The maximum absolute atomic E-state index is 12.8. The summed E-state index contributed by atoms with van der Waals surface area (Å²) in [5.74, 6) is 5.70. The maximum Gasteiger partial charge on any atom is 0.224 e. The third-order valence-corrected chi connectivity index (χ3v) is 2.19. The number of nitrogens with zero attached hydrogens (tertiary/aromatic N) is 2. The number of benzene rings is 1. The molecule has 0 saturated carbocycles. The zero-order valence-electron chi connectivity index (χ0n) is 8.52. The molecule has 0 spiro atoms. The minimum absolute atomic E-state index is 0.158. The summed E-state index contributed by atoms with van der Waals surface area (Å²) in [6.45, 7) is 0. The first-order valence-corrected chi connectivity index (χ1v) is 4.98. The van der Waals surface area contributed by atoms with Gasteiger partial charge in [0, 0.05) is 6.07 Å². The second kappa shape index (κ2) is 4.94. The lowest BCUT2D eigenvalue weighted by Gasteiger charge is -2.07. The smallest absolute Gasteiger partial charge is 0.224 e. The van der Waals surface area contributed by atoms with Crippen LogP contribution >= 0.6 is 11.6 Å². The lowest BCUT2D eigenvalue weighted by Crippen LogP contribution is -2.08. The maximum atomic E-state index is 12.8. The largest absolute Gasteiger partial charge is 0.437 e. The molecule has 2 aromatic rings. The van der Waals surface area contributed by atoms with E-state index in [1.807, 2.05) is 0 Å². The van der Waals surface area contributed by atoms with Crippen molar-refractivity contribution in [1.82, 2.24) is 9.97 Å². The monoisotopic (exact) mass is 254 g/mol. The predicted octanol–water partition coefficient (Wildman–Crippen LogP) is 2.35. The standard InChI is InChI=1S/C10H8ClFN4O/c11-7-3-6(12)1-2-8(7)17-10-4-9(16-13)14-5-15-10/h1-5H,13H2,(H,14,15,16). The van der Waals surface area contributed by atoms with Gasteiger partial charge in [-0.15, -0.1) is 0 Å². The molecule has 1 heterocycles. The van der Waals surface area contributed by atoms with Crippen molar-refractivity contribution in [3.05, 3.63) is 41.4 Å². The Hall–Kier alpha value is -1.92. The van der Waals surface area contributed by atoms with Crippen molar-refractivity contribution in [2.24, 2.45) is 5.84 Å². The number of nitrogens with one attached hydrogen (secondary N) is 1. The lowest BCUT2D eigenvalue weighted by molar-refractivity contribution is 0.460. The van der Waals surface area contributed by atoms with Crippen molar-refractivity contribution < 1.29 is 9.13 Å². The zero-order valence-corrected chi connectivity index (χ0v) is 9.28. The molecule has 0 unspecified atom stereocenters. The number of hydrazine groups is 1. The van der Waals surface area contributed by atoms with Crippen LogP contribution in [0.1, 0.15) is 0 Å². The highest BCUT2D eigenvalue weighted by Gasteiger charge is 2.06. The van der Waals surface area contributed by atoms with Crippen LogP contribution in [0.5, 0.6) is 11.6 Å². The fourth-order valence-corrected chi connectivity index (χ4v) is 1.35. The fraction of sp³-hybridized carbons (Fsp3) is 0. The van der Waals surface area contributed by atoms with Gasteiger partial charge < -0.3 is 10.2 Å². The first kappa shape index (κ1) is 11.6. The summed E-state index contributed by atoms with van der Waals surface area (Å²) in [5, 5.41) is 0.158. The van der Waals surface area contributed by atoms with Crippen molar-refractivity contribution >= 4 is 17.4 Å². The van der Waals surface area contributed by atoms with Crippen molar-refractivity contribution in [1.29, 1.82) is 0 Å². The van der Waals surface area contributed by atoms with Crippen LogP contribution in [0.4, 0.5) is 10.2 Å². The predicted molar refractivity (Wildman–Crippen MR) is 61.3 cm³/mol. The number of nitrogen functional groups attached to an aromatic ring is 1. The molecule has 5 nitrogen and oxygen atoms in total. The first-order valence-electron chi connectivity index (χ1n) is 4.60. The molecule has 0 amide bonds. The van der Waals surface area contributed by atoms with Crippen LogP contribution in [0.3, 0.4) is 0 Å². The van der Waals surface area contributed by atoms with Crippen LogP contribution in [0.25, 0.3) is 0 Å². The zero-order chi connectivity index (χ0) is 12.3. The average molecular weight is 255 g/mol. The van der Waals surface area contributed by atoms with Crippen molar-refractivity contribution in [3.8, 4) is 11.6 Å². The Labute approximate surface area is 101 Å². The van der Waals surface area contributed by atoms with Gasteiger partial charge in [-0.1, -0.05) is 11.6 Å². The van der Waals surface area contributed by atoms with E-state index in [-0.39, 0.29) is 10.9 Å². The molecule has 0 fully saturated rings. The van der Waals surface area contributed by atoms with E-state index in [0.717, 1.165) is 6.07 Å². The average Bonchev–Trinajstić information content (AvgIpc) is 2.33. The summed E-state index contributed by atoms with van der Waals surface area (Å²) in [6, 6.07) is 5.29. The molecule has 17 heavy (non-hydrogen) atoms. The van der Waals surface area contributed by atoms with Gasteiger partial charge in [0.1, 0.15) is 23.7 Å². The molecule has 0 aliphatic heterocycles. The Balaban J connectivity index is 2.25. The van der Waals surface area contributed by atoms with Crippen LogP contribution in [-0.4, -0.2) is 9.97 Å². The van der Waals surface area contributed by atoms with Crippen molar-refractivity contribution in [2.45, 2.75) is 0 Å². The molecule has 7 heteroatoms. The van der Waals surface area contributed by atoms with Gasteiger partial charge in [-0.25, -0.2) is 20.2 Å². The number of ether oxygens (including phenoxy) is 1. The van der Waals surface area contributed by atoms with Gasteiger partial charge >= 0.3 is 0 Å². The molecule has 1 aromatic carbocycles. The normalized spacial score (nSPS) is 10.1. The molecule has 3 N–H and O–H groups in total. The Kier molecular flexibility index (Phi) is 3.36. The molecule has 0 saturated heterocycles. The van der Waals surface area contributed by atoms with Crippen LogP contribution < -0.4 is 16.0 Å². The van der Waals surface area contributed by atoms with Crippen LogP contribution in [0.15, 0.2) is 30.6 Å². The summed E-state index contributed by atoms with van der Waals surface area (Å²) in [4.78, 5) is 7.68.